The van der Waals surface area contributed by atoms with E-state index in [1.54, 1.807) is 37.5 Å². The number of nitrogens with one attached hydrogen (secondary N) is 1. The minimum atomic E-state index is -3.99. The molecule has 2 aliphatic carbocycles. The molecule has 244 valence electrons. The summed E-state index contributed by atoms with van der Waals surface area (Å²) in [5.41, 5.74) is 1.81. The first-order chi connectivity index (χ1) is 21.3. The fourth-order valence-electron chi connectivity index (χ4n) is 7.85. The molecule has 1 amide bonds. The van der Waals surface area contributed by atoms with Gasteiger partial charge in [0.15, 0.2) is 0 Å². The summed E-state index contributed by atoms with van der Waals surface area (Å²) in [5, 5.41) is 11.9. The van der Waals surface area contributed by atoms with Gasteiger partial charge >= 0.3 is 0 Å². The van der Waals surface area contributed by atoms with Crippen molar-refractivity contribution in [1.82, 2.24) is 4.72 Å². The Morgan fingerprint density at radius 3 is 2.73 bits per heavy atom. The lowest BCUT2D eigenvalue weighted by Crippen LogP contribution is -2.54. The van der Waals surface area contributed by atoms with E-state index < -0.39 is 38.0 Å². The van der Waals surface area contributed by atoms with Crippen molar-refractivity contribution < 1.29 is 27.6 Å². The van der Waals surface area contributed by atoms with Crippen LogP contribution in [-0.2, 0) is 33.0 Å². The highest BCUT2D eigenvalue weighted by atomic mass is 35.5. The number of ether oxygens (including phenoxy) is 1. The standard InChI is InChI=1S/C34H43ClN2O6S2/c1-22-6-4-15-34(39,21-44(3)40)29-11-8-26(29)18-37-19-33(14-5-7-24-16-27(35)10-12-28(24)33)20-43-31-13-9-25(17-30(31)37)32(38)36-45(41,42)23(22)2/h4,9-10,12-13,15-17,22-23,26,29,39H,5-8,11,14,18-21H2,1-3H3,(H,36,38)/b15-4+/t22-,23+,26-,29+,33-,34-,44?/m0/s1. The predicted octanol–water partition coefficient (Wildman–Crippen LogP) is 4.99. The van der Waals surface area contributed by atoms with Gasteiger partial charge in [-0.15, -0.1) is 0 Å². The van der Waals surface area contributed by atoms with Gasteiger partial charge in [-0.3, -0.25) is 4.79 Å². The van der Waals surface area contributed by atoms with E-state index in [0.29, 0.717) is 36.9 Å². The molecule has 4 aliphatic rings. The van der Waals surface area contributed by atoms with Gasteiger partial charge in [0, 0.05) is 35.0 Å². The summed E-state index contributed by atoms with van der Waals surface area (Å²) in [4.78, 5) is 15.7. The quantitative estimate of drug-likeness (QED) is 0.340. The number of halogens is 1. The van der Waals surface area contributed by atoms with Crippen LogP contribution in [0.3, 0.4) is 0 Å². The molecule has 1 saturated carbocycles. The first-order valence-electron chi connectivity index (χ1n) is 15.9. The number of fused-ring (bicyclic) bond motifs is 4. The molecule has 11 heteroatoms. The average Bonchev–Trinajstić information content (AvgIpc) is 3.10. The predicted molar refractivity (Wildman–Crippen MR) is 179 cm³/mol. The second-order valence-electron chi connectivity index (χ2n) is 13.7. The fraction of sp³-hybridized carbons (Fsp3) is 0.559. The van der Waals surface area contributed by atoms with Crippen LogP contribution in [0.1, 0.15) is 67.4 Å². The number of amides is 1. The second-order valence-corrected chi connectivity index (χ2v) is 17.6. The van der Waals surface area contributed by atoms with E-state index in [0.717, 1.165) is 37.8 Å². The van der Waals surface area contributed by atoms with Gasteiger partial charge in [0.05, 0.1) is 23.8 Å². The van der Waals surface area contributed by atoms with E-state index in [1.165, 1.54) is 11.1 Å². The summed E-state index contributed by atoms with van der Waals surface area (Å²) in [5.74, 6) is -0.247. The number of carbonyl (C=O) groups excluding carboxylic acids is 1. The molecule has 0 saturated heterocycles. The highest BCUT2D eigenvalue weighted by Gasteiger charge is 2.49. The molecule has 2 aromatic carbocycles. The van der Waals surface area contributed by atoms with Crippen molar-refractivity contribution in [3.8, 4) is 5.75 Å². The molecule has 2 bridgehead atoms. The zero-order valence-corrected chi connectivity index (χ0v) is 28.5. The number of aliphatic hydroxyl groups is 1. The highest BCUT2D eigenvalue weighted by molar-refractivity contribution is 7.91. The Morgan fingerprint density at radius 2 is 2.00 bits per heavy atom. The van der Waals surface area contributed by atoms with E-state index in [4.69, 9.17) is 16.3 Å². The van der Waals surface area contributed by atoms with Crippen LogP contribution in [0, 0.1) is 17.8 Å². The lowest BCUT2D eigenvalue weighted by molar-refractivity contribution is -0.0289. The number of sulfonamides is 1. The molecule has 0 radical (unpaired) electrons. The number of carbonyl (C=O) groups is 1. The normalized spacial score (nSPS) is 34.3. The molecule has 2 heterocycles. The first kappa shape index (κ1) is 32.7. The minimum absolute atomic E-state index is 0.113. The molecule has 8 nitrogen and oxygen atoms in total. The SMILES string of the molecule is C[C@@H]1[C@@H](C)C/C=C/[C@](O)(C[S+](C)[O-])[C@@H]2CC[C@H]2CN2C[C@@]3(CCCc4cc(Cl)ccc43)COc3ccc(cc32)C(=O)NS1(=O)=O. The number of benzene rings is 2. The van der Waals surface area contributed by atoms with Gasteiger partial charge in [0.2, 0.25) is 10.0 Å². The summed E-state index contributed by atoms with van der Waals surface area (Å²) in [7, 11) is -3.99. The molecule has 1 unspecified atom stereocenters. The van der Waals surface area contributed by atoms with Crippen LogP contribution in [-0.4, -0.2) is 66.5 Å². The Kier molecular flexibility index (Phi) is 9.02. The summed E-state index contributed by atoms with van der Waals surface area (Å²) in [6, 6.07) is 11.2. The number of hydrogen-bond donors (Lipinski definition) is 2. The van der Waals surface area contributed by atoms with Crippen LogP contribution in [0.15, 0.2) is 48.6 Å². The number of anilines is 1. The lowest BCUT2D eigenvalue weighted by Gasteiger charge is -2.48. The first-order valence-corrected chi connectivity index (χ1v) is 19.5. The van der Waals surface area contributed by atoms with Crippen LogP contribution in [0.5, 0.6) is 5.75 Å². The van der Waals surface area contributed by atoms with Crippen LogP contribution < -0.4 is 14.4 Å². The molecule has 1 spiro atoms. The molecular formula is C34H43ClN2O6S2. The van der Waals surface area contributed by atoms with Gasteiger partial charge in [-0.05, 0) is 98.7 Å². The summed E-state index contributed by atoms with van der Waals surface area (Å²) >= 11 is 5.16. The Balaban J connectivity index is 1.45. The molecule has 2 N–H and O–H groups in total. The minimum Gasteiger partial charge on any atom is -0.616 e. The maximum Gasteiger partial charge on any atom is 0.264 e. The van der Waals surface area contributed by atoms with Crippen molar-refractivity contribution in [2.45, 2.75) is 68.6 Å². The van der Waals surface area contributed by atoms with E-state index in [1.807, 2.05) is 25.1 Å². The lowest BCUT2D eigenvalue weighted by atomic mass is 9.64. The van der Waals surface area contributed by atoms with Crippen LogP contribution in [0.4, 0.5) is 5.69 Å². The Hall–Kier alpha value is -2.24. The second kappa shape index (κ2) is 12.4. The van der Waals surface area contributed by atoms with Gasteiger partial charge in [0.1, 0.15) is 17.1 Å². The van der Waals surface area contributed by atoms with E-state index in [2.05, 4.69) is 15.7 Å². The topological polar surface area (TPSA) is 119 Å². The molecular weight excluding hydrogens is 632 g/mol. The third kappa shape index (κ3) is 6.38. The van der Waals surface area contributed by atoms with Crippen LogP contribution >= 0.6 is 11.6 Å². The number of aryl methyl sites for hydroxylation is 1. The summed E-state index contributed by atoms with van der Waals surface area (Å²) < 4.78 is 48.0. The smallest absolute Gasteiger partial charge is 0.264 e. The van der Waals surface area contributed by atoms with Crippen LogP contribution in [0.25, 0.3) is 0 Å². The highest BCUT2D eigenvalue weighted by Crippen LogP contribution is 2.48. The van der Waals surface area contributed by atoms with Crippen molar-refractivity contribution in [3.63, 3.8) is 0 Å². The van der Waals surface area contributed by atoms with Gasteiger partial charge in [0.25, 0.3) is 5.91 Å². The van der Waals surface area contributed by atoms with Gasteiger partial charge < -0.3 is 19.3 Å². The van der Waals surface area contributed by atoms with Crippen LogP contribution in [0.2, 0.25) is 5.02 Å². The van der Waals surface area contributed by atoms with Crippen molar-refractivity contribution in [3.05, 3.63) is 70.3 Å². The number of rotatable bonds is 2. The third-order valence-corrected chi connectivity index (χ3v) is 13.7. The van der Waals surface area contributed by atoms with Gasteiger partial charge in [-0.1, -0.05) is 47.9 Å². The zero-order valence-electron chi connectivity index (χ0n) is 26.1. The Labute approximate surface area is 274 Å². The van der Waals surface area contributed by atoms with Crippen molar-refractivity contribution in [2.75, 3.05) is 36.6 Å². The van der Waals surface area contributed by atoms with Gasteiger partial charge in [-0.2, -0.15) is 0 Å². The molecule has 7 atom stereocenters. The van der Waals surface area contributed by atoms with E-state index in [9.17, 15) is 22.9 Å². The summed E-state index contributed by atoms with van der Waals surface area (Å²) in [6.45, 7) is 5.10. The largest absolute Gasteiger partial charge is 0.616 e. The van der Waals surface area contributed by atoms with E-state index in [-0.39, 0.29) is 34.5 Å². The molecule has 0 aromatic heterocycles. The number of nitrogens with zero attached hydrogens (tertiary/aromatic N) is 1. The van der Waals surface area contributed by atoms with Crippen molar-refractivity contribution >= 4 is 44.4 Å². The third-order valence-electron chi connectivity index (χ3n) is 10.7. The monoisotopic (exact) mass is 674 g/mol. The molecule has 2 aromatic rings. The average molecular weight is 675 g/mol. The number of hydrogen-bond acceptors (Lipinski definition) is 7. The fourth-order valence-corrected chi connectivity index (χ4v) is 10.3. The maximum atomic E-state index is 13.4. The Bertz CT molecular complexity index is 1600. The Morgan fingerprint density at radius 1 is 1.20 bits per heavy atom. The van der Waals surface area contributed by atoms with Crippen molar-refractivity contribution in [1.29, 1.82) is 0 Å². The molecule has 45 heavy (non-hydrogen) atoms. The van der Waals surface area contributed by atoms with E-state index >= 15 is 0 Å². The molecule has 1 fully saturated rings. The molecule has 6 rings (SSSR count). The zero-order chi connectivity index (χ0) is 32.1. The maximum absolute atomic E-state index is 13.4. The molecule has 2 aliphatic heterocycles. The number of allylic oxidation sites excluding steroid dienone is 1. The summed E-state index contributed by atoms with van der Waals surface area (Å²) in [6.07, 6.45) is 10.1. The van der Waals surface area contributed by atoms with Gasteiger partial charge in [-0.25, -0.2) is 13.1 Å². The van der Waals surface area contributed by atoms with Crippen molar-refractivity contribution in [2.24, 2.45) is 17.8 Å².